The quantitative estimate of drug-likeness (QED) is 0.485. The van der Waals surface area contributed by atoms with Crippen LogP contribution in [-0.4, -0.2) is 6.61 Å². The summed E-state index contributed by atoms with van der Waals surface area (Å²) in [4.78, 5) is 0. The summed E-state index contributed by atoms with van der Waals surface area (Å²) in [6.45, 7) is 4.21. The Labute approximate surface area is 44.0 Å². The van der Waals surface area contributed by atoms with Crippen molar-refractivity contribution in [3.05, 3.63) is 18.8 Å². The number of ether oxygens (including phenoxy) is 1. The van der Waals surface area contributed by atoms with E-state index in [1.165, 1.54) is 18.9 Å². The SMILES string of the molecule is C=CCO[C]1CC1. The zero-order valence-corrected chi connectivity index (χ0v) is 4.31. The van der Waals surface area contributed by atoms with Gasteiger partial charge in [0.15, 0.2) is 0 Å². The highest BCUT2D eigenvalue weighted by atomic mass is 16.5. The Hall–Kier alpha value is -0.300. The summed E-state index contributed by atoms with van der Waals surface area (Å²) in [5.74, 6) is 0. The molecule has 1 radical (unpaired) electrons. The highest BCUT2D eigenvalue weighted by Gasteiger charge is 2.22. The molecule has 0 saturated heterocycles. The number of hydrogen-bond acceptors (Lipinski definition) is 1. The van der Waals surface area contributed by atoms with Gasteiger partial charge in [-0.05, 0) is 12.8 Å². The van der Waals surface area contributed by atoms with Crippen LogP contribution >= 0.6 is 0 Å². The summed E-state index contributed by atoms with van der Waals surface area (Å²) in [5, 5.41) is 0. The fraction of sp³-hybridized carbons (Fsp3) is 0.500. The van der Waals surface area contributed by atoms with E-state index in [-0.39, 0.29) is 0 Å². The first-order valence-corrected chi connectivity index (χ1v) is 2.52. The molecule has 1 nitrogen and oxygen atoms in total. The lowest BCUT2D eigenvalue weighted by molar-refractivity contribution is 0.220. The molecule has 1 rings (SSSR count). The fourth-order valence-corrected chi connectivity index (χ4v) is 0.372. The Morgan fingerprint density at radius 1 is 1.71 bits per heavy atom. The molecule has 39 valence electrons. The van der Waals surface area contributed by atoms with Crippen molar-refractivity contribution in [2.24, 2.45) is 0 Å². The minimum absolute atomic E-state index is 0.690. The van der Waals surface area contributed by atoms with Gasteiger partial charge in [0.1, 0.15) is 0 Å². The van der Waals surface area contributed by atoms with E-state index < -0.39 is 0 Å². The molecule has 0 aromatic carbocycles. The summed E-state index contributed by atoms with van der Waals surface area (Å²) < 4.78 is 5.10. The van der Waals surface area contributed by atoms with E-state index in [9.17, 15) is 0 Å². The van der Waals surface area contributed by atoms with Crippen LogP contribution in [0, 0.1) is 6.10 Å². The van der Waals surface area contributed by atoms with Crippen molar-refractivity contribution >= 4 is 0 Å². The molecule has 1 fully saturated rings. The van der Waals surface area contributed by atoms with Crippen LogP contribution < -0.4 is 0 Å². The molecule has 1 aliphatic rings. The lowest BCUT2D eigenvalue weighted by Gasteiger charge is -1.90. The predicted molar refractivity (Wildman–Crippen MR) is 28.6 cm³/mol. The average Bonchev–Trinajstić information content (AvgIpc) is 2.42. The van der Waals surface area contributed by atoms with Crippen LogP contribution in [0.4, 0.5) is 0 Å². The second-order valence-corrected chi connectivity index (χ2v) is 1.64. The van der Waals surface area contributed by atoms with Crippen LogP contribution in [0.15, 0.2) is 12.7 Å². The molecule has 0 unspecified atom stereocenters. The molecule has 1 heteroatoms. The van der Waals surface area contributed by atoms with Crippen LogP contribution in [0.1, 0.15) is 12.8 Å². The van der Waals surface area contributed by atoms with Crippen molar-refractivity contribution < 1.29 is 4.74 Å². The number of rotatable bonds is 3. The Balaban J connectivity index is 1.88. The average molecular weight is 97.1 g/mol. The van der Waals surface area contributed by atoms with Crippen LogP contribution in [0.25, 0.3) is 0 Å². The molecular weight excluding hydrogens is 88.1 g/mol. The van der Waals surface area contributed by atoms with Crippen molar-refractivity contribution in [1.82, 2.24) is 0 Å². The molecule has 0 aromatic heterocycles. The maximum atomic E-state index is 5.10. The van der Waals surface area contributed by atoms with Crippen molar-refractivity contribution in [1.29, 1.82) is 0 Å². The van der Waals surface area contributed by atoms with Crippen molar-refractivity contribution in [3.63, 3.8) is 0 Å². The van der Waals surface area contributed by atoms with Gasteiger partial charge in [-0.1, -0.05) is 6.08 Å². The maximum absolute atomic E-state index is 5.10. The second kappa shape index (κ2) is 2.12. The van der Waals surface area contributed by atoms with Gasteiger partial charge in [-0.15, -0.1) is 6.58 Å². The van der Waals surface area contributed by atoms with Gasteiger partial charge >= 0.3 is 0 Å². The second-order valence-electron chi connectivity index (χ2n) is 1.64. The third-order valence-corrected chi connectivity index (χ3v) is 0.859. The topological polar surface area (TPSA) is 9.23 Å². The summed E-state index contributed by atoms with van der Waals surface area (Å²) in [5.41, 5.74) is 0. The Morgan fingerprint density at radius 2 is 2.43 bits per heavy atom. The van der Waals surface area contributed by atoms with E-state index >= 15 is 0 Å². The van der Waals surface area contributed by atoms with Crippen molar-refractivity contribution in [3.8, 4) is 0 Å². The van der Waals surface area contributed by atoms with Crippen molar-refractivity contribution in [2.45, 2.75) is 12.8 Å². The molecule has 7 heavy (non-hydrogen) atoms. The van der Waals surface area contributed by atoms with E-state index in [1.807, 2.05) is 0 Å². The summed E-state index contributed by atoms with van der Waals surface area (Å²) in [7, 11) is 0. The van der Waals surface area contributed by atoms with Crippen LogP contribution in [0.2, 0.25) is 0 Å². The van der Waals surface area contributed by atoms with E-state index in [0.29, 0.717) is 6.61 Å². The lowest BCUT2D eigenvalue weighted by atomic mass is 10.7. The zero-order valence-electron chi connectivity index (χ0n) is 4.31. The third-order valence-electron chi connectivity index (χ3n) is 0.859. The minimum Gasteiger partial charge on any atom is -0.368 e. The summed E-state index contributed by atoms with van der Waals surface area (Å²) in [6.07, 6.45) is 5.35. The first kappa shape index (κ1) is 4.85. The molecule has 1 saturated carbocycles. The van der Waals surface area contributed by atoms with E-state index in [0.717, 1.165) is 0 Å². The molecule has 0 atom stereocenters. The van der Waals surface area contributed by atoms with Gasteiger partial charge in [0.25, 0.3) is 0 Å². The molecule has 0 aromatic rings. The predicted octanol–water partition coefficient (Wildman–Crippen LogP) is 1.51. The normalized spacial score (nSPS) is 19.4. The van der Waals surface area contributed by atoms with Gasteiger partial charge in [0, 0.05) is 0 Å². The van der Waals surface area contributed by atoms with E-state index in [2.05, 4.69) is 6.58 Å². The third kappa shape index (κ3) is 1.74. The van der Waals surface area contributed by atoms with Crippen LogP contribution in [0.3, 0.4) is 0 Å². The highest BCUT2D eigenvalue weighted by molar-refractivity contribution is 4.95. The summed E-state index contributed by atoms with van der Waals surface area (Å²) >= 11 is 0. The van der Waals surface area contributed by atoms with Gasteiger partial charge < -0.3 is 4.74 Å². The van der Waals surface area contributed by atoms with Crippen LogP contribution in [0.5, 0.6) is 0 Å². The fourth-order valence-electron chi connectivity index (χ4n) is 0.372. The Bertz CT molecular complexity index is 64.6. The number of hydrogen-bond donors (Lipinski definition) is 0. The van der Waals surface area contributed by atoms with Gasteiger partial charge in [0.2, 0.25) is 0 Å². The van der Waals surface area contributed by atoms with E-state index in [4.69, 9.17) is 4.74 Å². The molecule has 1 aliphatic carbocycles. The molecule has 0 bridgehead atoms. The first-order valence-electron chi connectivity index (χ1n) is 2.52. The lowest BCUT2D eigenvalue weighted by Crippen LogP contribution is -1.83. The largest absolute Gasteiger partial charge is 0.368 e. The van der Waals surface area contributed by atoms with E-state index in [1.54, 1.807) is 6.08 Å². The maximum Gasteiger partial charge on any atom is 0.0977 e. The van der Waals surface area contributed by atoms with Gasteiger partial charge in [-0.3, -0.25) is 0 Å². The smallest absolute Gasteiger partial charge is 0.0977 e. The zero-order chi connectivity index (χ0) is 5.11. The molecule has 0 N–H and O–H groups in total. The molecule has 0 aliphatic heterocycles. The summed E-state index contributed by atoms with van der Waals surface area (Å²) in [6, 6.07) is 0. The molecule has 0 spiro atoms. The molecular formula is C6H9O. The highest BCUT2D eigenvalue weighted by Crippen LogP contribution is 2.32. The monoisotopic (exact) mass is 97.1 g/mol. The first-order chi connectivity index (χ1) is 3.43. The standard InChI is InChI=1S/C6H9O/c1-2-5-7-6-3-4-6/h2H,1,3-5H2. The van der Waals surface area contributed by atoms with Crippen LogP contribution in [-0.2, 0) is 4.74 Å². The Kier molecular flexibility index (Phi) is 1.47. The van der Waals surface area contributed by atoms with Gasteiger partial charge in [-0.2, -0.15) is 0 Å². The minimum atomic E-state index is 0.690. The molecule has 0 heterocycles. The van der Waals surface area contributed by atoms with Gasteiger partial charge in [-0.25, -0.2) is 0 Å². The van der Waals surface area contributed by atoms with Crippen molar-refractivity contribution in [2.75, 3.05) is 6.61 Å². The van der Waals surface area contributed by atoms with Gasteiger partial charge in [0.05, 0.1) is 12.7 Å². The Morgan fingerprint density at radius 3 is 2.86 bits per heavy atom. The molecule has 0 amide bonds.